The Morgan fingerprint density at radius 2 is 1.62 bits per heavy atom. The molecule has 0 radical (unpaired) electrons. The largest absolute Gasteiger partial charge is 0.324 e. The summed E-state index contributed by atoms with van der Waals surface area (Å²) in [5.74, 6) is -1.81. The van der Waals surface area contributed by atoms with Crippen molar-refractivity contribution < 1.29 is 14.4 Å². The number of rotatable bonds is 2. The summed E-state index contributed by atoms with van der Waals surface area (Å²) in [7, 11) is 1.53. The number of hydrogen-bond donors (Lipinski definition) is 0. The molecule has 0 spiro atoms. The van der Waals surface area contributed by atoms with Gasteiger partial charge in [-0.3, -0.25) is 24.3 Å². The van der Waals surface area contributed by atoms with E-state index in [1.165, 1.54) is 18.9 Å². The number of nitrogens with zero attached hydrogens (tertiary/aromatic N) is 3. The normalized spacial score (nSPS) is 30.4. The molecular weight excluding hydrogens is 366 g/mol. The third-order valence-corrected chi connectivity index (χ3v) is 6.53. The van der Waals surface area contributed by atoms with Crippen LogP contribution in [0.15, 0.2) is 65.7 Å². The van der Waals surface area contributed by atoms with E-state index in [-0.39, 0.29) is 17.7 Å². The van der Waals surface area contributed by atoms with Gasteiger partial charge in [0.15, 0.2) is 0 Å². The quantitative estimate of drug-likeness (QED) is 0.739. The first kappa shape index (κ1) is 17.8. The van der Waals surface area contributed by atoms with Gasteiger partial charge in [-0.1, -0.05) is 60.7 Å². The summed E-state index contributed by atoms with van der Waals surface area (Å²) in [5, 5.41) is 0. The molecule has 0 aromatic heterocycles. The van der Waals surface area contributed by atoms with Crippen molar-refractivity contribution >= 4 is 23.4 Å². The van der Waals surface area contributed by atoms with Gasteiger partial charge < -0.3 is 4.90 Å². The highest BCUT2D eigenvalue weighted by atomic mass is 16.2. The Labute approximate surface area is 168 Å². The van der Waals surface area contributed by atoms with Gasteiger partial charge in [-0.15, -0.1) is 0 Å². The van der Waals surface area contributed by atoms with Crippen LogP contribution in [0, 0.1) is 11.8 Å². The molecule has 6 heteroatoms. The van der Waals surface area contributed by atoms with Crippen LogP contribution in [-0.2, 0) is 19.9 Å². The molecular formula is C23H21N3O3. The highest BCUT2D eigenvalue weighted by Crippen LogP contribution is 2.55. The smallest absolute Gasteiger partial charge is 0.236 e. The fourth-order valence-corrected chi connectivity index (χ4v) is 5.37. The lowest BCUT2D eigenvalue weighted by Crippen LogP contribution is -2.71. The molecule has 4 atom stereocenters. The van der Waals surface area contributed by atoms with Crippen LogP contribution in [0.25, 0.3) is 0 Å². The molecule has 4 aliphatic heterocycles. The third-order valence-electron chi connectivity index (χ3n) is 6.53. The molecule has 2 bridgehead atoms. The molecule has 2 aromatic rings. The minimum Gasteiger partial charge on any atom is -0.324 e. The van der Waals surface area contributed by atoms with E-state index < -0.39 is 23.4 Å². The van der Waals surface area contributed by atoms with Gasteiger partial charge in [0.05, 0.1) is 23.6 Å². The topological polar surface area (TPSA) is 70.1 Å². The van der Waals surface area contributed by atoms with Crippen molar-refractivity contribution in [3.63, 3.8) is 0 Å². The second-order valence-corrected chi connectivity index (χ2v) is 7.91. The van der Waals surface area contributed by atoms with Crippen LogP contribution in [0.2, 0.25) is 0 Å². The average Bonchev–Trinajstić information content (AvgIpc) is 3.00. The lowest BCUT2D eigenvalue weighted by atomic mass is 9.60. The van der Waals surface area contributed by atoms with Gasteiger partial charge in [0.2, 0.25) is 17.7 Å². The maximum absolute atomic E-state index is 13.4. The van der Waals surface area contributed by atoms with Crippen LogP contribution in [0.5, 0.6) is 0 Å². The molecule has 3 amide bonds. The molecule has 4 aliphatic rings. The van der Waals surface area contributed by atoms with Gasteiger partial charge >= 0.3 is 0 Å². The van der Waals surface area contributed by atoms with E-state index >= 15 is 0 Å². The molecule has 6 rings (SSSR count). The summed E-state index contributed by atoms with van der Waals surface area (Å²) in [6, 6.07) is 18.8. The van der Waals surface area contributed by atoms with Crippen LogP contribution < -0.4 is 0 Å². The van der Waals surface area contributed by atoms with Gasteiger partial charge in [-0.25, -0.2) is 0 Å². The van der Waals surface area contributed by atoms with Crippen LogP contribution in [-0.4, -0.2) is 52.9 Å². The monoisotopic (exact) mass is 387 g/mol. The Kier molecular flexibility index (Phi) is 3.75. The van der Waals surface area contributed by atoms with Gasteiger partial charge in [0, 0.05) is 20.5 Å². The molecule has 2 aromatic carbocycles. The fourth-order valence-electron chi connectivity index (χ4n) is 5.37. The summed E-state index contributed by atoms with van der Waals surface area (Å²) in [6.07, 6.45) is 0. The van der Waals surface area contributed by atoms with Crippen molar-refractivity contribution in [2.75, 3.05) is 13.6 Å². The van der Waals surface area contributed by atoms with E-state index in [9.17, 15) is 14.4 Å². The molecule has 4 heterocycles. The van der Waals surface area contributed by atoms with Gasteiger partial charge in [-0.05, 0) is 11.1 Å². The number of piperidine rings is 1. The van der Waals surface area contributed by atoms with Gasteiger partial charge in [0.1, 0.15) is 5.54 Å². The second-order valence-electron chi connectivity index (χ2n) is 7.91. The van der Waals surface area contributed by atoms with E-state index in [4.69, 9.17) is 4.99 Å². The van der Waals surface area contributed by atoms with E-state index in [1.54, 1.807) is 4.90 Å². The van der Waals surface area contributed by atoms with Crippen molar-refractivity contribution in [1.82, 2.24) is 9.80 Å². The molecule has 4 unspecified atom stereocenters. The number of carbonyl (C=O) groups is 3. The van der Waals surface area contributed by atoms with Crippen molar-refractivity contribution in [3.05, 3.63) is 71.8 Å². The minimum atomic E-state index is -1.11. The number of carbonyl (C=O) groups excluding carboxylic acids is 3. The van der Waals surface area contributed by atoms with Crippen LogP contribution >= 0.6 is 0 Å². The van der Waals surface area contributed by atoms with Crippen molar-refractivity contribution in [2.45, 2.75) is 18.5 Å². The lowest BCUT2D eigenvalue weighted by molar-refractivity contribution is -0.147. The number of hydrogen-bond acceptors (Lipinski definition) is 4. The van der Waals surface area contributed by atoms with E-state index in [1.807, 2.05) is 60.7 Å². The zero-order valence-electron chi connectivity index (χ0n) is 16.3. The summed E-state index contributed by atoms with van der Waals surface area (Å²) >= 11 is 0. The number of benzene rings is 2. The second kappa shape index (κ2) is 6.11. The summed E-state index contributed by atoms with van der Waals surface area (Å²) in [5.41, 5.74) is 1.25. The average molecular weight is 387 g/mol. The third kappa shape index (κ3) is 2.17. The summed E-state index contributed by atoms with van der Waals surface area (Å²) < 4.78 is 0. The molecule has 2 fully saturated rings. The van der Waals surface area contributed by atoms with Crippen LogP contribution in [0.1, 0.15) is 18.1 Å². The Bertz CT molecular complexity index is 1050. The molecule has 0 saturated carbocycles. The van der Waals surface area contributed by atoms with Crippen LogP contribution in [0.3, 0.4) is 0 Å². The van der Waals surface area contributed by atoms with E-state index in [0.29, 0.717) is 12.3 Å². The summed E-state index contributed by atoms with van der Waals surface area (Å²) in [4.78, 5) is 47.2. The number of likely N-dealkylation sites (tertiary alicyclic amines) is 1. The number of imide groups is 1. The first-order chi connectivity index (χ1) is 14.0. The van der Waals surface area contributed by atoms with Crippen molar-refractivity contribution in [1.29, 1.82) is 0 Å². The minimum absolute atomic E-state index is 0.129. The van der Waals surface area contributed by atoms with E-state index in [0.717, 1.165) is 11.1 Å². The highest BCUT2D eigenvalue weighted by molar-refractivity contribution is 6.17. The molecule has 0 N–H and O–H groups in total. The maximum atomic E-state index is 13.4. The Hall–Kier alpha value is -3.28. The van der Waals surface area contributed by atoms with Crippen molar-refractivity contribution in [2.24, 2.45) is 16.8 Å². The SMILES string of the molecule is CC(=O)N1CC2N=C(c3ccccc3)C1(c1ccccc1)C1C(=O)N(C)C(=O)C21. The lowest BCUT2D eigenvalue weighted by Gasteiger charge is -2.57. The van der Waals surface area contributed by atoms with Gasteiger partial charge in [0.25, 0.3) is 0 Å². The van der Waals surface area contributed by atoms with Crippen LogP contribution in [0.4, 0.5) is 0 Å². The molecule has 29 heavy (non-hydrogen) atoms. The van der Waals surface area contributed by atoms with Gasteiger partial charge in [-0.2, -0.15) is 0 Å². The fraction of sp³-hybridized carbons (Fsp3) is 0.304. The zero-order chi connectivity index (χ0) is 20.3. The first-order valence-corrected chi connectivity index (χ1v) is 9.76. The molecule has 146 valence electrons. The molecule has 0 aliphatic carbocycles. The Morgan fingerprint density at radius 3 is 2.24 bits per heavy atom. The Balaban J connectivity index is 1.87. The predicted molar refractivity (Wildman–Crippen MR) is 107 cm³/mol. The first-order valence-electron chi connectivity index (χ1n) is 9.76. The highest BCUT2D eigenvalue weighted by Gasteiger charge is 2.69. The maximum Gasteiger partial charge on any atom is 0.236 e. The number of aliphatic imine (C=N–C) groups is 1. The number of fused-ring (bicyclic) bond motifs is 1. The Morgan fingerprint density at radius 1 is 1.00 bits per heavy atom. The van der Waals surface area contributed by atoms with E-state index in [2.05, 4.69) is 0 Å². The number of amides is 3. The standard InChI is InChI=1S/C23H21N3O3/c1-14(27)26-13-17-18-19(22(29)25(2)21(18)28)23(26,16-11-7-4-8-12-16)20(24-17)15-9-5-3-6-10-15/h3-12,17-19H,13H2,1-2H3. The molecule has 2 saturated heterocycles. The molecule has 6 nitrogen and oxygen atoms in total. The van der Waals surface area contributed by atoms with Crippen molar-refractivity contribution in [3.8, 4) is 0 Å². The summed E-state index contributed by atoms with van der Waals surface area (Å²) in [6.45, 7) is 1.85. The predicted octanol–water partition coefficient (Wildman–Crippen LogP) is 1.85. The zero-order valence-corrected chi connectivity index (χ0v) is 16.3.